The molecule has 0 amide bonds. The standard InChI is InChI=1S/C18H18N2O3S/c1-12-4-7-16(10-13(12)2)20-24(21,22)17-8-5-15(6-9-17)18-11-19-14(3)23-18/h4-11,20H,1-3H3. The predicted molar refractivity (Wildman–Crippen MR) is 93.4 cm³/mol. The van der Waals surface area contributed by atoms with Crippen LogP contribution in [0.5, 0.6) is 0 Å². The van der Waals surface area contributed by atoms with Gasteiger partial charge in [0.25, 0.3) is 10.0 Å². The fourth-order valence-corrected chi connectivity index (χ4v) is 3.36. The van der Waals surface area contributed by atoms with Crippen molar-refractivity contribution in [3.8, 4) is 11.3 Å². The fraction of sp³-hybridized carbons (Fsp3) is 0.167. The lowest BCUT2D eigenvalue weighted by Gasteiger charge is -2.10. The zero-order valence-corrected chi connectivity index (χ0v) is 14.5. The number of anilines is 1. The maximum atomic E-state index is 12.5. The van der Waals surface area contributed by atoms with Gasteiger partial charge in [-0.25, -0.2) is 13.4 Å². The average Bonchev–Trinajstić information content (AvgIpc) is 2.97. The average molecular weight is 342 g/mol. The minimum absolute atomic E-state index is 0.195. The minimum Gasteiger partial charge on any atom is -0.441 e. The number of nitrogens with zero attached hydrogens (tertiary/aromatic N) is 1. The molecule has 3 rings (SSSR count). The van der Waals surface area contributed by atoms with Gasteiger partial charge in [0.05, 0.1) is 11.1 Å². The maximum Gasteiger partial charge on any atom is 0.261 e. The molecule has 5 nitrogen and oxygen atoms in total. The van der Waals surface area contributed by atoms with Gasteiger partial charge in [-0.2, -0.15) is 0 Å². The summed E-state index contributed by atoms with van der Waals surface area (Å²) in [6.45, 7) is 5.69. The number of oxazole rings is 1. The lowest BCUT2D eigenvalue weighted by Crippen LogP contribution is -2.13. The topological polar surface area (TPSA) is 72.2 Å². The van der Waals surface area contributed by atoms with Crippen molar-refractivity contribution in [3.05, 3.63) is 65.7 Å². The third kappa shape index (κ3) is 3.33. The number of sulfonamides is 1. The van der Waals surface area contributed by atoms with Gasteiger partial charge in [-0.3, -0.25) is 4.72 Å². The first kappa shape index (κ1) is 16.3. The van der Waals surface area contributed by atoms with Crippen LogP contribution in [0.3, 0.4) is 0 Å². The van der Waals surface area contributed by atoms with Gasteiger partial charge in [-0.05, 0) is 61.4 Å². The smallest absolute Gasteiger partial charge is 0.261 e. The Balaban J connectivity index is 1.85. The van der Waals surface area contributed by atoms with E-state index in [0.717, 1.165) is 16.7 Å². The Labute approximate surface area is 141 Å². The van der Waals surface area contributed by atoms with Crippen molar-refractivity contribution in [1.82, 2.24) is 4.98 Å². The molecule has 0 aliphatic carbocycles. The summed E-state index contributed by atoms with van der Waals surface area (Å²) >= 11 is 0. The molecule has 0 atom stereocenters. The van der Waals surface area contributed by atoms with Crippen LogP contribution in [0.15, 0.2) is 58.0 Å². The highest BCUT2D eigenvalue weighted by atomic mass is 32.2. The van der Waals surface area contributed by atoms with Crippen LogP contribution in [0.2, 0.25) is 0 Å². The number of hydrogen-bond acceptors (Lipinski definition) is 4. The van der Waals surface area contributed by atoms with Crippen molar-refractivity contribution in [3.63, 3.8) is 0 Å². The summed E-state index contributed by atoms with van der Waals surface area (Å²) in [6.07, 6.45) is 1.62. The summed E-state index contributed by atoms with van der Waals surface area (Å²) in [7, 11) is -3.63. The van der Waals surface area contributed by atoms with Gasteiger partial charge < -0.3 is 4.42 Å². The zero-order chi connectivity index (χ0) is 17.3. The summed E-state index contributed by atoms with van der Waals surface area (Å²) in [5, 5.41) is 0. The Hall–Kier alpha value is -2.60. The molecule has 0 radical (unpaired) electrons. The maximum absolute atomic E-state index is 12.5. The first-order chi connectivity index (χ1) is 11.3. The van der Waals surface area contributed by atoms with E-state index in [1.165, 1.54) is 0 Å². The first-order valence-corrected chi connectivity index (χ1v) is 8.96. The Morgan fingerprint density at radius 1 is 0.958 bits per heavy atom. The molecule has 0 unspecified atom stereocenters. The molecule has 1 aromatic heterocycles. The molecule has 0 bridgehead atoms. The molecule has 124 valence electrons. The van der Waals surface area contributed by atoms with Crippen LogP contribution >= 0.6 is 0 Å². The molecule has 2 aromatic carbocycles. The lowest BCUT2D eigenvalue weighted by molar-refractivity contribution is 0.534. The van der Waals surface area contributed by atoms with Crippen LogP contribution < -0.4 is 4.72 Å². The number of aryl methyl sites for hydroxylation is 3. The molecule has 0 fully saturated rings. The number of aromatic nitrogens is 1. The van der Waals surface area contributed by atoms with Crippen molar-refractivity contribution >= 4 is 15.7 Å². The largest absolute Gasteiger partial charge is 0.441 e. The molecular formula is C18H18N2O3S. The van der Waals surface area contributed by atoms with E-state index in [4.69, 9.17) is 4.42 Å². The number of nitrogens with one attached hydrogen (secondary N) is 1. The normalized spacial score (nSPS) is 11.5. The molecule has 1 N–H and O–H groups in total. The van der Waals surface area contributed by atoms with Crippen molar-refractivity contribution in [2.24, 2.45) is 0 Å². The molecule has 0 spiro atoms. The summed E-state index contributed by atoms with van der Waals surface area (Å²) in [4.78, 5) is 4.23. The predicted octanol–water partition coefficient (Wildman–Crippen LogP) is 4.07. The van der Waals surface area contributed by atoms with Crippen molar-refractivity contribution < 1.29 is 12.8 Å². The highest BCUT2D eigenvalue weighted by molar-refractivity contribution is 7.92. The summed E-state index contributed by atoms with van der Waals surface area (Å²) in [5.74, 6) is 1.18. The Morgan fingerprint density at radius 3 is 2.25 bits per heavy atom. The molecule has 1 heterocycles. The molecule has 3 aromatic rings. The molecular weight excluding hydrogens is 324 g/mol. The third-order valence-electron chi connectivity index (χ3n) is 3.83. The van der Waals surface area contributed by atoms with E-state index >= 15 is 0 Å². The molecule has 0 aliphatic rings. The number of rotatable bonds is 4. The van der Waals surface area contributed by atoms with Gasteiger partial charge in [-0.15, -0.1) is 0 Å². The summed E-state index contributed by atoms with van der Waals surface area (Å²) in [6, 6.07) is 12.0. The van der Waals surface area contributed by atoms with Crippen LogP contribution in [0.1, 0.15) is 17.0 Å². The number of hydrogen-bond donors (Lipinski definition) is 1. The molecule has 24 heavy (non-hydrogen) atoms. The highest BCUT2D eigenvalue weighted by Crippen LogP contribution is 2.24. The van der Waals surface area contributed by atoms with Crippen LogP contribution in [0.4, 0.5) is 5.69 Å². The Bertz CT molecular complexity index is 974. The second kappa shape index (κ2) is 6.13. The van der Waals surface area contributed by atoms with E-state index in [1.54, 1.807) is 43.5 Å². The monoisotopic (exact) mass is 342 g/mol. The van der Waals surface area contributed by atoms with Crippen LogP contribution in [-0.2, 0) is 10.0 Å². The van der Waals surface area contributed by atoms with E-state index in [0.29, 0.717) is 17.3 Å². The van der Waals surface area contributed by atoms with E-state index in [2.05, 4.69) is 9.71 Å². The second-order valence-electron chi connectivity index (χ2n) is 5.67. The van der Waals surface area contributed by atoms with Crippen molar-refractivity contribution in [2.75, 3.05) is 4.72 Å². The highest BCUT2D eigenvalue weighted by Gasteiger charge is 2.15. The number of benzene rings is 2. The van der Waals surface area contributed by atoms with Crippen LogP contribution in [-0.4, -0.2) is 13.4 Å². The van der Waals surface area contributed by atoms with Crippen LogP contribution in [0, 0.1) is 20.8 Å². The van der Waals surface area contributed by atoms with E-state index < -0.39 is 10.0 Å². The van der Waals surface area contributed by atoms with Gasteiger partial charge in [0.1, 0.15) is 0 Å². The summed E-state index contributed by atoms with van der Waals surface area (Å²) in [5.41, 5.74) is 3.48. The molecule has 0 saturated carbocycles. The van der Waals surface area contributed by atoms with E-state index in [1.807, 2.05) is 26.0 Å². The van der Waals surface area contributed by atoms with E-state index in [-0.39, 0.29) is 4.90 Å². The van der Waals surface area contributed by atoms with Gasteiger partial charge in [-0.1, -0.05) is 6.07 Å². The molecule has 0 saturated heterocycles. The second-order valence-corrected chi connectivity index (χ2v) is 7.35. The van der Waals surface area contributed by atoms with Gasteiger partial charge >= 0.3 is 0 Å². The van der Waals surface area contributed by atoms with Crippen LogP contribution in [0.25, 0.3) is 11.3 Å². The first-order valence-electron chi connectivity index (χ1n) is 7.48. The van der Waals surface area contributed by atoms with Crippen molar-refractivity contribution in [2.45, 2.75) is 25.7 Å². The lowest BCUT2D eigenvalue weighted by atomic mass is 10.1. The summed E-state index contributed by atoms with van der Waals surface area (Å²) < 4.78 is 33.0. The van der Waals surface area contributed by atoms with Gasteiger partial charge in [0, 0.05) is 18.2 Å². The molecule has 0 aliphatic heterocycles. The SMILES string of the molecule is Cc1ncc(-c2ccc(S(=O)(=O)Nc3ccc(C)c(C)c3)cc2)o1. The third-order valence-corrected chi connectivity index (χ3v) is 5.23. The molecule has 6 heteroatoms. The minimum atomic E-state index is -3.63. The Kier molecular flexibility index (Phi) is 4.15. The van der Waals surface area contributed by atoms with Gasteiger partial charge in [0.15, 0.2) is 11.7 Å². The van der Waals surface area contributed by atoms with Crippen molar-refractivity contribution in [1.29, 1.82) is 0 Å². The Morgan fingerprint density at radius 2 is 1.67 bits per heavy atom. The zero-order valence-electron chi connectivity index (χ0n) is 13.7. The quantitative estimate of drug-likeness (QED) is 0.776. The van der Waals surface area contributed by atoms with Gasteiger partial charge in [0.2, 0.25) is 0 Å². The van der Waals surface area contributed by atoms with E-state index in [9.17, 15) is 8.42 Å². The fourth-order valence-electron chi connectivity index (χ4n) is 2.31.